The number of rotatable bonds is 5. The molecule has 0 aliphatic carbocycles. The van der Waals surface area contributed by atoms with Crippen LogP contribution in [0.15, 0.2) is 64.2 Å². The van der Waals surface area contributed by atoms with E-state index in [0.29, 0.717) is 27.7 Å². The summed E-state index contributed by atoms with van der Waals surface area (Å²) in [4.78, 5) is 56.9. The number of halogens is 1. The fraction of sp³-hybridized carbons (Fsp3) is 0.160. The van der Waals surface area contributed by atoms with E-state index in [0.717, 1.165) is 4.57 Å². The Morgan fingerprint density at radius 2 is 1.77 bits per heavy atom. The van der Waals surface area contributed by atoms with Crippen LogP contribution in [0.4, 0.5) is 5.69 Å². The largest absolute Gasteiger partial charge is 0.465 e. The summed E-state index contributed by atoms with van der Waals surface area (Å²) in [6.07, 6.45) is 0. The van der Waals surface area contributed by atoms with Crippen molar-refractivity contribution < 1.29 is 14.3 Å². The number of nitrogens with zero attached hydrogens (tertiary/aromatic N) is 3. The normalized spacial score (nSPS) is 10.9. The van der Waals surface area contributed by atoms with Crippen molar-refractivity contribution in [3.63, 3.8) is 0 Å². The van der Waals surface area contributed by atoms with E-state index < -0.39 is 29.7 Å². The molecule has 0 aliphatic rings. The standard InChI is InChI=1S/C25H21ClN4O5/c1-14-12-17(24(33)35-3)21-22(27-14)30(16-8-5-4-6-9-16)25(34)29(23(21)32)13-20(31)28-19-11-7-10-18(26)15(19)2/h4-12H,13H2,1-3H3,(H,28,31). The maximum atomic E-state index is 13.5. The van der Waals surface area contributed by atoms with Gasteiger partial charge in [-0.05, 0) is 49.7 Å². The van der Waals surface area contributed by atoms with Crippen LogP contribution in [0.1, 0.15) is 21.6 Å². The summed E-state index contributed by atoms with van der Waals surface area (Å²) in [7, 11) is 1.19. The Hall–Kier alpha value is -4.24. The van der Waals surface area contributed by atoms with Gasteiger partial charge in [-0.3, -0.25) is 9.59 Å². The number of carbonyl (C=O) groups excluding carboxylic acids is 2. The number of hydrogen-bond donors (Lipinski definition) is 1. The number of para-hydroxylation sites is 1. The van der Waals surface area contributed by atoms with E-state index in [2.05, 4.69) is 10.3 Å². The van der Waals surface area contributed by atoms with Crippen molar-refractivity contribution in [1.82, 2.24) is 14.1 Å². The highest BCUT2D eigenvalue weighted by molar-refractivity contribution is 6.31. The van der Waals surface area contributed by atoms with Crippen molar-refractivity contribution in [3.8, 4) is 5.69 Å². The van der Waals surface area contributed by atoms with Gasteiger partial charge >= 0.3 is 11.7 Å². The lowest BCUT2D eigenvalue weighted by Crippen LogP contribution is -2.43. The number of esters is 1. The summed E-state index contributed by atoms with van der Waals surface area (Å²) in [5.74, 6) is -1.38. The number of fused-ring (bicyclic) bond motifs is 1. The second-order valence-electron chi connectivity index (χ2n) is 7.81. The lowest BCUT2D eigenvalue weighted by atomic mass is 10.1. The maximum Gasteiger partial charge on any atom is 0.338 e. The average Bonchev–Trinajstić information content (AvgIpc) is 2.84. The highest BCUT2D eigenvalue weighted by Crippen LogP contribution is 2.23. The molecule has 0 aliphatic heterocycles. The molecule has 0 radical (unpaired) electrons. The Labute approximate surface area is 204 Å². The third kappa shape index (κ3) is 4.45. The molecule has 10 heteroatoms. The van der Waals surface area contributed by atoms with Gasteiger partial charge in [0.25, 0.3) is 5.56 Å². The van der Waals surface area contributed by atoms with Gasteiger partial charge in [0.2, 0.25) is 5.91 Å². The summed E-state index contributed by atoms with van der Waals surface area (Å²) in [5.41, 5.74) is 0.252. The first-order chi connectivity index (χ1) is 16.7. The highest BCUT2D eigenvalue weighted by atomic mass is 35.5. The number of aryl methyl sites for hydroxylation is 1. The quantitative estimate of drug-likeness (QED) is 0.428. The Morgan fingerprint density at radius 3 is 2.46 bits per heavy atom. The minimum absolute atomic E-state index is 0.00561. The third-order valence-corrected chi connectivity index (χ3v) is 5.89. The van der Waals surface area contributed by atoms with Gasteiger partial charge in [-0.15, -0.1) is 0 Å². The van der Waals surface area contributed by atoms with Gasteiger partial charge < -0.3 is 10.1 Å². The molecular weight excluding hydrogens is 472 g/mol. The van der Waals surface area contributed by atoms with Crippen molar-refractivity contribution >= 4 is 40.2 Å². The fourth-order valence-electron chi connectivity index (χ4n) is 3.76. The Kier molecular flexibility index (Phi) is 6.52. The molecule has 0 atom stereocenters. The lowest BCUT2D eigenvalue weighted by Gasteiger charge is -2.16. The zero-order valence-corrected chi connectivity index (χ0v) is 19.9. The molecule has 4 rings (SSSR count). The zero-order chi connectivity index (χ0) is 25.3. The van der Waals surface area contributed by atoms with Crippen molar-refractivity contribution in [2.45, 2.75) is 20.4 Å². The SMILES string of the molecule is COC(=O)c1cc(C)nc2c1c(=O)n(CC(=O)Nc1cccc(Cl)c1C)c(=O)n2-c1ccccc1. The average molecular weight is 493 g/mol. The highest BCUT2D eigenvalue weighted by Gasteiger charge is 2.23. The molecule has 178 valence electrons. The van der Waals surface area contributed by atoms with Crippen molar-refractivity contribution in [2.24, 2.45) is 0 Å². The molecule has 0 fully saturated rings. The molecule has 35 heavy (non-hydrogen) atoms. The van der Waals surface area contributed by atoms with Crippen molar-refractivity contribution in [1.29, 1.82) is 0 Å². The van der Waals surface area contributed by atoms with Crippen LogP contribution in [0.2, 0.25) is 5.02 Å². The molecule has 4 aromatic rings. The van der Waals surface area contributed by atoms with Crippen LogP contribution in [-0.2, 0) is 16.1 Å². The predicted molar refractivity (Wildman–Crippen MR) is 132 cm³/mol. The summed E-state index contributed by atoms with van der Waals surface area (Å²) >= 11 is 6.12. The second-order valence-corrected chi connectivity index (χ2v) is 8.21. The Balaban J connectivity index is 1.95. The molecule has 0 saturated carbocycles. The molecule has 0 unspecified atom stereocenters. The smallest absolute Gasteiger partial charge is 0.338 e. The molecule has 0 bridgehead atoms. The molecule has 0 saturated heterocycles. The fourth-order valence-corrected chi connectivity index (χ4v) is 3.93. The zero-order valence-electron chi connectivity index (χ0n) is 19.2. The number of pyridine rings is 1. The first-order valence-corrected chi connectivity index (χ1v) is 11.0. The van der Waals surface area contributed by atoms with Crippen LogP contribution in [0.5, 0.6) is 0 Å². The van der Waals surface area contributed by atoms with Crippen LogP contribution in [0, 0.1) is 13.8 Å². The number of anilines is 1. The summed E-state index contributed by atoms with van der Waals surface area (Å²) in [6.45, 7) is 2.78. The number of ether oxygens (including phenoxy) is 1. The van der Waals surface area contributed by atoms with Crippen LogP contribution in [0.25, 0.3) is 16.7 Å². The third-order valence-electron chi connectivity index (χ3n) is 5.48. The van der Waals surface area contributed by atoms with Gasteiger partial charge in [-0.1, -0.05) is 35.9 Å². The minimum Gasteiger partial charge on any atom is -0.465 e. The molecule has 2 aromatic heterocycles. The van der Waals surface area contributed by atoms with Crippen LogP contribution in [0.3, 0.4) is 0 Å². The monoisotopic (exact) mass is 492 g/mol. The van der Waals surface area contributed by atoms with E-state index in [1.165, 1.54) is 17.7 Å². The molecule has 2 heterocycles. The second kappa shape index (κ2) is 9.55. The number of amides is 1. The molecular formula is C25H21ClN4O5. The van der Waals surface area contributed by atoms with E-state index in [1.54, 1.807) is 62.4 Å². The van der Waals surface area contributed by atoms with E-state index in [9.17, 15) is 19.2 Å². The van der Waals surface area contributed by atoms with Gasteiger partial charge in [-0.2, -0.15) is 0 Å². The van der Waals surface area contributed by atoms with Crippen molar-refractivity contribution in [3.05, 3.63) is 97.3 Å². The van der Waals surface area contributed by atoms with Gasteiger partial charge in [0.1, 0.15) is 6.54 Å². The van der Waals surface area contributed by atoms with Crippen LogP contribution >= 0.6 is 11.6 Å². The van der Waals surface area contributed by atoms with E-state index in [-0.39, 0.29) is 16.6 Å². The Bertz CT molecular complexity index is 1590. The molecule has 0 spiro atoms. The van der Waals surface area contributed by atoms with Gasteiger partial charge in [-0.25, -0.2) is 23.7 Å². The predicted octanol–water partition coefficient (Wildman–Crippen LogP) is 3.24. The minimum atomic E-state index is -0.831. The number of nitrogens with one attached hydrogen (secondary N) is 1. The number of methoxy groups -OCH3 is 1. The molecule has 1 amide bonds. The summed E-state index contributed by atoms with van der Waals surface area (Å²) in [5, 5.41) is 3.01. The van der Waals surface area contributed by atoms with Gasteiger partial charge in [0, 0.05) is 16.4 Å². The topological polar surface area (TPSA) is 112 Å². The lowest BCUT2D eigenvalue weighted by molar-refractivity contribution is -0.116. The number of aromatic nitrogens is 3. The summed E-state index contributed by atoms with van der Waals surface area (Å²) in [6, 6.07) is 14.9. The maximum absolute atomic E-state index is 13.5. The Morgan fingerprint density at radius 1 is 1.06 bits per heavy atom. The number of carbonyl (C=O) groups is 2. The van der Waals surface area contributed by atoms with E-state index in [1.807, 2.05) is 0 Å². The molecule has 2 aromatic carbocycles. The summed E-state index contributed by atoms with van der Waals surface area (Å²) < 4.78 is 6.83. The van der Waals surface area contributed by atoms with Gasteiger partial charge in [0.15, 0.2) is 5.65 Å². The number of benzene rings is 2. The van der Waals surface area contributed by atoms with Gasteiger partial charge in [0.05, 0.1) is 23.7 Å². The van der Waals surface area contributed by atoms with Crippen molar-refractivity contribution in [2.75, 3.05) is 12.4 Å². The van der Waals surface area contributed by atoms with E-state index >= 15 is 0 Å². The first-order valence-electron chi connectivity index (χ1n) is 10.6. The molecule has 1 N–H and O–H groups in total. The first kappa shape index (κ1) is 23.9. The van der Waals surface area contributed by atoms with Crippen LogP contribution in [-0.4, -0.2) is 33.1 Å². The molecule has 9 nitrogen and oxygen atoms in total. The van der Waals surface area contributed by atoms with E-state index in [4.69, 9.17) is 16.3 Å². The number of hydrogen-bond acceptors (Lipinski definition) is 6. The van der Waals surface area contributed by atoms with Crippen LogP contribution < -0.4 is 16.6 Å².